The third-order valence-electron chi connectivity index (χ3n) is 5.17. The molecule has 1 amide bonds. The molecular formula is C26H22N2O2S. The van der Waals surface area contributed by atoms with Gasteiger partial charge in [-0.25, -0.2) is 4.98 Å². The van der Waals surface area contributed by atoms with Gasteiger partial charge < -0.3 is 9.73 Å². The molecule has 1 N–H and O–H groups in total. The molecule has 154 valence electrons. The van der Waals surface area contributed by atoms with Crippen LogP contribution in [0.1, 0.15) is 23.7 Å². The number of nitrogens with one attached hydrogen (secondary N) is 1. The second-order valence-corrected chi connectivity index (χ2v) is 8.64. The van der Waals surface area contributed by atoms with E-state index in [1.807, 2.05) is 91.0 Å². The largest absolute Gasteiger partial charge is 0.431 e. The molecule has 0 aliphatic heterocycles. The van der Waals surface area contributed by atoms with E-state index in [0.29, 0.717) is 17.0 Å². The first-order valence-corrected chi connectivity index (χ1v) is 11.3. The highest BCUT2D eigenvalue weighted by atomic mass is 32.2. The Bertz CT molecular complexity index is 1100. The van der Waals surface area contributed by atoms with Crippen molar-refractivity contribution >= 4 is 17.7 Å². The summed E-state index contributed by atoms with van der Waals surface area (Å²) in [4.78, 5) is 17.8. The first-order valence-electron chi connectivity index (χ1n) is 10.4. The lowest BCUT2D eigenvalue weighted by Gasteiger charge is -2.15. The van der Waals surface area contributed by atoms with Crippen LogP contribution in [-0.4, -0.2) is 16.9 Å². The van der Waals surface area contributed by atoms with E-state index in [0.717, 1.165) is 35.2 Å². The molecular weight excluding hydrogens is 404 g/mol. The van der Waals surface area contributed by atoms with Gasteiger partial charge in [0, 0.05) is 17.2 Å². The standard InChI is InChI=1S/C26H22N2O2S/c29-25(27-21-16-17-21)24(20-14-8-3-9-15-20)31-26-28-22(18-10-4-1-5-11-18)23(30-26)19-12-6-2-7-13-19/h1-15,21,24H,16-17H2,(H,27,29). The molecule has 1 saturated carbocycles. The molecule has 1 unspecified atom stereocenters. The Kier molecular flexibility index (Phi) is 5.59. The minimum Gasteiger partial charge on any atom is -0.431 e. The van der Waals surface area contributed by atoms with E-state index in [-0.39, 0.29) is 5.91 Å². The SMILES string of the molecule is O=C(NC1CC1)C(Sc1nc(-c2ccccc2)c(-c2ccccc2)o1)c1ccccc1. The summed E-state index contributed by atoms with van der Waals surface area (Å²) in [7, 11) is 0. The topological polar surface area (TPSA) is 55.1 Å². The first kappa shape index (κ1) is 19.6. The number of thioether (sulfide) groups is 1. The van der Waals surface area contributed by atoms with Crippen LogP contribution < -0.4 is 5.32 Å². The highest BCUT2D eigenvalue weighted by molar-refractivity contribution is 8.00. The van der Waals surface area contributed by atoms with Crippen molar-refractivity contribution in [3.8, 4) is 22.6 Å². The fraction of sp³-hybridized carbons (Fsp3) is 0.154. The molecule has 1 atom stereocenters. The minimum atomic E-state index is -0.423. The van der Waals surface area contributed by atoms with E-state index in [1.54, 1.807) is 0 Å². The second kappa shape index (κ2) is 8.82. The normalized spacial score (nSPS) is 14.2. The van der Waals surface area contributed by atoms with Gasteiger partial charge in [-0.3, -0.25) is 4.79 Å². The molecule has 1 heterocycles. The summed E-state index contributed by atoms with van der Waals surface area (Å²) in [6.07, 6.45) is 2.10. The van der Waals surface area contributed by atoms with Crippen LogP contribution >= 0.6 is 11.8 Å². The third-order valence-corrected chi connectivity index (χ3v) is 6.27. The lowest BCUT2D eigenvalue weighted by Crippen LogP contribution is -2.29. The fourth-order valence-electron chi connectivity index (χ4n) is 3.43. The van der Waals surface area contributed by atoms with Crippen LogP contribution in [0, 0.1) is 0 Å². The molecule has 0 saturated heterocycles. The number of rotatable bonds is 7. The van der Waals surface area contributed by atoms with Gasteiger partial charge in [0.05, 0.1) is 0 Å². The average molecular weight is 427 g/mol. The van der Waals surface area contributed by atoms with Gasteiger partial charge in [0.15, 0.2) is 5.76 Å². The van der Waals surface area contributed by atoms with Gasteiger partial charge in [0.25, 0.3) is 5.22 Å². The molecule has 1 aliphatic rings. The van der Waals surface area contributed by atoms with E-state index in [2.05, 4.69) is 5.32 Å². The van der Waals surface area contributed by atoms with Crippen molar-refractivity contribution in [2.45, 2.75) is 29.4 Å². The number of oxazole rings is 1. The minimum absolute atomic E-state index is 0.000535. The fourth-order valence-corrected chi connectivity index (χ4v) is 4.38. The van der Waals surface area contributed by atoms with Crippen molar-refractivity contribution in [2.24, 2.45) is 0 Å². The van der Waals surface area contributed by atoms with Crippen molar-refractivity contribution < 1.29 is 9.21 Å². The lowest BCUT2D eigenvalue weighted by atomic mass is 10.1. The molecule has 1 aromatic heterocycles. The Morgan fingerprint density at radius 1 is 0.871 bits per heavy atom. The molecule has 5 heteroatoms. The average Bonchev–Trinajstić information content (AvgIpc) is 3.54. The van der Waals surface area contributed by atoms with Crippen LogP contribution in [0.5, 0.6) is 0 Å². The second-order valence-electron chi connectivity index (χ2n) is 7.58. The number of carbonyl (C=O) groups excluding carboxylic acids is 1. The monoisotopic (exact) mass is 426 g/mol. The molecule has 0 bridgehead atoms. The Hall–Kier alpha value is -3.31. The Morgan fingerprint density at radius 3 is 2.06 bits per heavy atom. The van der Waals surface area contributed by atoms with E-state index in [1.165, 1.54) is 11.8 Å². The van der Waals surface area contributed by atoms with Crippen LogP contribution in [0.15, 0.2) is 101 Å². The summed E-state index contributed by atoms with van der Waals surface area (Å²) >= 11 is 1.35. The maximum Gasteiger partial charge on any atom is 0.257 e. The van der Waals surface area contributed by atoms with Crippen LogP contribution in [0.25, 0.3) is 22.6 Å². The lowest BCUT2D eigenvalue weighted by molar-refractivity contribution is -0.120. The summed E-state index contributed by atoms with van der Waals surface area (Å²) in [6, 6.07) is 30.1. The zero-order chi connectivity index (χ0) is 21.0. The molecule has 0 radical (unpaired) electrons. The Balaban J connectivity index is 1.52. The predicted octanol–water partition coefficient (Wildman–Crippen LogP) is 6.12. The zero-order valence-electron chi connectivity index (χ0n) is 16.9. The molecule has 1 fully saturated rings. The van der Waals surface area contributed by atoms with E-state index < -0.39 is 5.25 Å². The number of carbonyl (C=O) groups is 1. The van der Waals surface area contributed by atoms with Crippen molar-refractivity contribution in [3.05, 3.63) is 96.6 Å². The third kappa shape index (κ3) is 4.57. The number of hydrogen-bond acceptors (Lipinski definition) is 4. The van der Waals surface area contributed by atoms with Crippen LogP contribution in [-0.2, 0) is 4.79 Å². The van der Waals surface area contributed by atoms with Crippen LogP contribution in [0.4, 0.5) is 0 Å². The summed E-state index contributed by atoms with van der Waals surface area (Å²) in [5, 5.41) is 3.19. The molecule has 1 aliphatic carbocycles. The molecule has 4 nitrogen and oxygen atoms in total. The Labute approximate surface area is 185 Å². The quantitative estimate of drug-likeness (QED) is 0.362. The van der Waals surface area contributed by atoms with Gasteiger partial charge >= 0.3 is 0 Å². The van der Waals surface area contributed by atoms with Gasteiger partial charge in [-0.15, -0.1) is 0 Å². The molecule has 0 spiro atoms. The summed E-state index contributed by atoms with van der Waals surface area (Å²) in [5.74, 6) is 0.711. The molecule has 4 aromatic rings. The number of hydrogen-bond donors (Lipinski definition) is 1. The van der Waals surface area contributed by atoms with E-state index in [4.69, 9.17) is 9.40 Å². The van der Waals surface area contributed by atoms with Crippen molar-refractivity contribution in [2.75, 3.05) is 0 Å². The highest BCUT2D eigenvalue weighted by Gasteiger charge is 2.31. The summed E-state index contributed by atoms with van der Waals surface area (Å²) < 4.78 is 6.25. The predicted molar refractivity (Wildman–Crippen MR) is 124 cm³/mol. The summed E-state index contributed by atoms with van der Waals surface area (Å²) in [5.41, 5.74) is 3.66. The van der Waals surface area contributed by atoms with E-state index in [9.17, 15) is 4.79 Å². The maximum atomic E-state index is 13.0. The zero-order valence-corrected chi connectivity index (χ0v) is 17.7. The summed E-state index contributed by atoms with van der Waals surface area (Å²) in [6.45, 7) is 0. The molecule has 31 heavy (non-hydrogen) atoms. The van der Waals surface area contributed by atoms with Crippen LogP contribution in [0.2, 0.25) is 0 Å². The van der Waals surface area contributed by atoms with Crippen molar-refractivity contribution in [3.63, 3.8) is 0 Å². The van der Waals surface area contributed by atoms with Crippen molar-refractivity contribution in [1.82, 2.24) is 10.3 Å². The number of benzene rings is 3. The number of amides is 1. The van der Waals surface area contributed by atoms with Gasteiger partial charge in [-0.05, 0) is 30.2 Å². The first-order chi connectivity index (χ1) is 15.3. The van der Waals surface area contributed by atoms with Crippen molar-refractivity contribution in [1.29, 1.82) is 0 Å². The van der Waals surface area contributed by atoms with Gasteiger partial charge in [0.2, 0.25) is 5.91 Å². The maximum absolute atomic E-state index is 13.0. The van der Waals surface area contributed by atoms with Gasteiger partial charge in [-0.1, -0.05) is 91.0 Å². The Morgan fingerprint density at radius 2 is 1.45 bits per heavy atom. The number of aromatic nitrogens is 1. The van der Waals surface area contributed by atoms with E-state index >= 15 is 0 Å². The highest BCUT2D eigenvalue weighted by Crippen LogP contribution is 2.41. The van der Waals surface area contributed by atoms with Crippen LogP contribution in [0.3, 0.4) is 0 Å². The van der Waals surface area contributed by atoms with Gasteiger partial charge in [-0.2, -0.15) is 0 Å². The molecule has 3 aromatic carbocycles. The number of nitrogens with zero attached hydrogens (tertiary/aromatic N) is 1. The van der Waals surface area contributed by atoms with Gasteiger partial charge in [0.1, 0.15) is 10.9 Å². The molecule has 5 rings (SSSR count). The smallest absolute Gasteiger partial charge is 0.257 e.